The first kappa shape index (κ1) is 14.2. The van der Waals surface area contributed by atoms with E-state index in [-0.39, 0.29) is 11.9 Å². The Kier molecular flexibility index (Phi) is 4.03. The summed E-state index contributed by atoms with van der Waals surface area (Å²) in [4.78, 5) is 18.8. The highest BCUT2D eigenvalue weighted by Crippen LogP contribution is 2.25. The summed E-state index contributed by atoms with van der Waals surface area (Å²) in [5.74, 6) is 0.537. The SMILES string of the molecule is CC(N)C1CCN(C(=O)c2csc(-c3cn[nH]c3)n2)CC1. The van der Waals surface area contributed by atoms with Crippen LogP contribution in [0.15, 0.2) is 17.8 Å². The average molecular weight is 305 g/mol. The Hall–Kier alpha value is -1.73. The minimum atomic E-state index is 0.0177. The fourth-order valence-corrected chi connectivity index (χ4v) is 3.44. The number of hydrogen-bond donors (Lipinski definition) is 2. The Balaban J connectivity index is 1.66. The molecule has 0 aromatic carbocycles. The summed E-state index contributed by atoms with van der Waals surface area (Å²) < 4.78 is 0. The molecule has 3 heterocycles. The van der Waals surface area contributed by atoms with Gasteiger partial charge in [0, 0.05) is 36.3 Å². The van der Waals surface area contributed by atoms with Crippen molar-refractivity contribution < 1.29 is 4.79 Å². The standard InChI is InChI=1S/C14H19N5OS/c1-9(15)10-2-4-19(5-3-10)14(20)12-8-21-13(18-12)11-6-16-17-7-11/h6-10H,2-5,15H2,1H3,(H,16,17). The maximum atomic E-state index is 12.5. The van der Waals surface area contributed by atoms with E-state index in [0.717, 1.165) is 36.5 Å². The number of likely N-dealkylation sites (tertiary alicyclic amines) is 1. The number of nitrogens with one attached hydrogen (secondary N) is 1. The van der Waals surface area contributed by atoms with E-state index >= 15 is 0 Å². The van der Waals surface area contributed by atoms with Crippen LogP contribution in [0.1, 0.15) is 30.3 Å². The second kappa shape index (κ2) is 5.95. The number of carbonyl (C=O) groups excluding carboxylic acids is 1. The van der Waals surface area contributed by atoms with Crippen molar-refractivity contribution in [3.05, 3.63) is 23.5 Å². The number of hydrogen-bond acceptors (Lipinski definition) is 5. The molecule has 1 fully saturated rings. The van der Waals surface area contributed by atoms with E-state index in [4.69, 9.17) is 5.73 Å². The van der Waals surface area contributed by atoms with E-state index in [1.165, 1.54) is 11.3 Å². The number of thiazole rings is 1. The third kappa shape index (κ3) is 2.98. The summed E-state index contributed by atoms with van der Waals surface area (Å²) in [7, 11) is 0. The van der Waals surface area contributed by atoms with E-state index in [1.807, 2.05) is 17.2 Å². The second-order valence-corrected chi connectivity index (χ2v) is 6.37. The zero-order valence-corrected chi connectivity index (χ0v) is 12.8. The molecule has 1 atom stereocenters. The Morgan fingerprint density at radius 3 is 2.90 bits per heavy atom. The lowest BCUT2D eigenvalue weighted by Crippen LogP contribution is -2.42. The van der Waals surface area contributed by atoms with Crippen molar-refractivity contribution in [1.82, 2.24) is 20.1 Å². The molecular formula is C14H19N5OS. The van der Waals surface area contributed by atoms with Crippen molar-refractivity contribution in [3.8, 4) is 10.6 Å². The lowest BCUT2D eigenvalue weighted by Gasteiger charge is -2.33. The number of rotatable bonds is 3. The van der Waals surface area contributed by atoms with Crippen LogP contribution in [-0.2, 0) is 0 Å². The van der Waals surface area contributed by atoms with Gasteiger partial charge in [-0.3, -0.25) is 9.89 Å². The van der Waals surface area contributed by atoms with Crippen molar-refractivity contribution in [2.75, 3.05) is 13.1 Å². The fourth-order valence-electron chi connectivity index (χ4n) is 2.66. The van der Waals surface area contributed by atoms with E-state index < -0.39 is 0 Å². The molecule has 1 saturated heterocycles. The molecule has 0 saturated carbocycles. The number of amides is 1. The molecule has 21 heavy (non-hydrogen) atoms. The van der Waals surface area contributed by atoms with Gasteiger partial charge in [0.1, 0.15) is 10.7 Å². The molecular weight excluding hydrogens is 286 g/mol. The number of aromatic nitrogens is 3. The molecule has 1 amide bonds. The van der Waals surface area contributed by atoms with Gasteiger partial charge in [-0.15, -0.1) is 11.3 Å². The number of piperidine rings is 1. The third-order valence-corrected chi connectivity index (χ3v) is 4.93. The van der Waals surface area contributed by atoms with Gasteiger partial charge < -0.3 is 10.6 Å². The molecule has 7 heteroatoms. The molecule has 1 aliphatic rings. The van der Waals surface area contributed by atoms with Crippen molar-refractivity contribution in [1.29, 1.82) is 0 Å². The molecule has 0 aliphatic carbocycles. The molecule has 3 N–H and O–H groups in total. The van der Waals surface area contributed by atoms with Crippen LogP contribution in [0.4, 0.5) is 0 Å². The minimum Gasteiger partial charge on any atom is -0.337 e. The van der Waals surface area contributed by atoms with E-state index in [1.54, 1.807) is 12.4 Å². The van der Waals surface area contributed by atoms with E-state index in [0.29, 0.717) is 11.6 Å². The summed E-state index contributed by atoms with van der Waals surface area (Å²) in [6, 6.07) is 0.203. The predicted octanol–water partition coefficient (Wildman–Crippen LogP) is 1.73. The number of aromatic amines is 1. The van der Waals surface area contributed by atoms with Gasteiger partial charge in [0.2, 0.25) is 0 Å². The maximum Gasteiger partial charge on any atom is 0.273 e. The normalized spacial score (nSPS) is 17.9. The zero-order valence-electron chi connectivity index (χ0n) is 12.0. The van der Waals surface area contributed by atoms with Crippen LogP contribution in [-0.4, -0.2) is 45.1 Å². The van der Waals surface area contributed by atoms with Gasteiger partial charge in [-0.1, -0.05) is 0 Å². The summed E-state index contributed by atoms with van der Waals surface area (Å²) in [6.07, 6.45) is 5.44. The maximum absolute atomic E-state index is 12.5. The lowest BCUT2D eigenvalue weighted by atomic mass is 9.91. The first-order chi connectivity index (χ1) is 10.1. The van der Waals surface area contributed by atoms with E-state index in [9.17, 15) is 4.79 Å². The first-order valence-electron chi connectivity index (χ1n) is 7.14. The number of carbonyl (C=O) groups is 1. The summed E-state index contributed by atoms with van der Waals surface area (Å²) in [5.41, 5.74) is 7.37. The largest absolute Gasteiger partial charge is 0.337 e. The van der Waals surface area contributed by atoms with Crippen LogP contribution in [0.3, 0.4) is 0 Å². The molecule has 0 bridgehead atoms. The highest BCUT2D eigenvalue weighted by molar-refractivity contribution is 7.13. The molecule has 6 nitrogen and oxygen atoms in total. The smallest absolute Gasteiger partial charge is 0.273 e. The first-order valence-corrected chi connectivity index (χ1v) is 8.02. The topological polar surface area (TPSA) is 87.9 Å². The number of nitrogens with zero attached hydrogens (tertiary/aromatic N) is 3. The molecule has 1 aliphatic heterocycles. The summed E-state index contributed by atoms with van der Waals surface area (Å²) in [6.45, 7) is 3.58. The van der Waals surface area contributed by atoms with Crippen LogP contribution in [0, 0.1) is 5.92 Å². The van der Waals surface area contributed by atoms with Crippen LogP contribution >= 0.6 is 11.3 Å². The van der Waals surface area contributed by atoms with Gasteiger partial charge in [-0.25, -0.2) is 4.98 Å². The van der Waals surface area contributed by atoms with Gasteiger partial charge in [0.25, 0.3) is 5.91 Å². The summed E-state index contributed by atoms with van der Waals surface area (Å²) >= 11 is 1.47. The van der Waals surface area contributed by atoms with Crippen molar-refractivity contribution in [2.45, 2.75) is 25.8 Å². The fraction of sp³-hybridized carbons (Fsp3) is 0.500. The Labute approximate surface area is 127 Å². The molecule has 0 spiro atoms. The monoisotopic (exact) mass is 305 g/mol. The molecule has 2 aromatic heterocycles. The molecule has 2 aromatic rings. The Morgan fingerprint density at radius 2 is 2.29 bits per heavy atom. The highest BCUT2D eigenvalue weighted by Gasteiger charge is 2.26. The van der Waals surface area contributed by atoms with Crippen LogP contribution in [0.2, 0.25) is 0 Å². The number of H-pyrrole nitrogens is 1. The molecule has 0 radical (unpaired) electrons. The van der Waals surface area contributed by atoms with Gasteiger partial charge in [0.15, 0.2) is 0 Å². The van der Waals surface area contributed by atoms with Gasteiger partial charge in [-0.05, 0) is 25.7 Å². The quantitative estimate of drug-likeness (QED) is 0.904. The molecule has 3 rings (SSSR count). The van der Waals surface area contributed by atoms with Crippen molar-refractivity contribution in [3.63, 3.8) is 0 Å². The zero-order chi connectivity index (χ0) is 14.8. The second-order valence-electron chi connectivity index (χ2n) is 5.51. The third-order valence-electron chi connectivity index (χ3n) is 4.04. The van der Waals surface area contributed by atoms with Crippen molar-refractivity contribution >= 4 is 17.2 Å². The number of nitrogens with two attached hydrogens (primary N) is 1. The van der Waals surface area contributed by atoms with Gasteiger partial charge in [-0.2, -0.15) is 5.10 Å². The van der Waals surface area contributed by atoms with Crippen LogP contribution < -0.4 is 5.73 Å². The van der Waals surface area contributed by atoms with Gasteiger partial charge >= 0.3 is 0 Å². The minimum absolute atomic E-state index is 0.0177. The van der Waals surface area contributed by atoms with Crippen LogP contribution in [0.5, 0.6) is 0 Å². The highest BCUT2D eigenvalue weighted by atomic mass is 32.1. The van der Waals surface area contributed by atoms with Gasteiger partial charge in [0.05, 0.1) is 6.20 Å². The average Bonchev–Trinajstić information content (AvgIpc) is 3.17. The predicted molar refractivity (Wildman–Crippen MR) is 82.0 cm³/mol. The summed E-state index contributed by atoms with van der Waals surface area (Å²) in [5, 5.41) is 9.30. The Bertz CT molecular complexity index is 599. The van der Waals surface area contributed by atoms with Crippen LogP contribution in [0.25, 0.3) is 10.6 Å². The van der Waals surface area contributed by atoms with E-state index in [2.05, 4.69) is 15.2 Å². The van der Waals surface area contributed by atoms with Crippen molar-refractivity contribution in [2.24, 2.45) is 11.7 Å². The lowest BCUT2D eigenvalue weighted by molar-refractivity contribution is 0.0676. The molecule has 112 valence electrons. The Morgan fingerprint density at radius 1 is 1.52 bits per heavy atom. The molecule has 1 unspecified atom stereocenters.